The van der Waals surface area contributed by atoms with Gasteiger partial charge in [-0.1, -0.05) is 17.2 Å². The van der Waals surface area contributed by atoms with Gasteiger partial charge in [0.1, 0.15) is 6.04 Å². The van der Waals surface area contributed by atoms with Crippen LogP contribution in [0.25, 0.3) is 0 Å². The second-order valence-electron chi connectivity index (χ2n) is 8.82. The van der Waals surface area contributed by atoms with Gasteiger partial charge in [-0.15, -0.1) is 5.10 Å². The van der Waals surface area contributed by atoms with E-state index in [9.17, 15) is 4.79 Å². The van der Waals surface area contributed by atoms with Crippen molar-refractivity contribution in [3.05, 3.63) is 41.3 Å². The molecule has 1 amide bonds. The van der Waals surface area contributed by atoms with E-state index in [2.05, 4.69) is 21.6 Å². The van der Waals surface area contributed by atoms with E-state index < -0.39 is 0 Å². The van der Waals surface area contributed by atoms with Crippen molar-refractivity contribution in [1.29, 1.82) is 5.26 Å². The summed E-state index contributed by atoms with van der Waals surface area (Å²) in [6.45, 7) is 3.56. The summed E-state index contributed by atoms with van der Waals surface area (Å²) in [7, 11) is 0. The molecule has 1 saturated heterocycles. The van der Waals surface area contributed by atoms with Gasteiger partial charge in [0.05, 0.1) is 11.6 Å². The summed E-state index contributed by atoms with van der Waals surface area (Å²) >= 11 is 0. The molecule has 2 aromatic rings. The van der Waals surface area contributed by atoms with Gasteiger partial charge in [-0.25, -0.2) is 0 Å². The van der Waals surface area contributed by atoms with E-state index in [0.29, 0.717) is 28.8 Å². The van der Waals surface area contributed by atoms with E-state index in [1.807, 2.05) is 36.1 Å². The summed E-state index contributed by atoms with van der Waals surface area (Å²) in [5, 5.41) is 20.3. The number of carbonyl (C=O) groups is 1. The molecule has 1 aliphatic heterocycles. The highest BCUT2D eigenvalue weighted by Gasteiger charge is 2.46. The molecule has 29 heavy (non-hydrogen) atoms. The minimum atomic E-state index is -0.384. The van der Waals surface area contributed by atoms with Crippen molar-refractivity contribution in [1.82, 2.24) is 15.1 Å². The van der Waals surface area contributed by atoms with Crippen molar-refractivity contribution >= 4 is 11.9 Å². The molecule has 1 aromatic heterocycles. The van der Waals surface area contributed by atoms with Crippen molar-refractivity contribution in [3.8, 4) is 6.07 Å². The summed E-state index contributed by atoms with van der Waals surface area (Å²) in [5.74, 6) is 1.25. The molecular formula is C22H25N5O2. The average Bonchev–Trinajstić information content (AvgIpc) is 3.67. The van der Waals surface area contributed by atoms with Crippen molar-refractivity contribution in [2.75, 3.05) is 18.4 Å². The van der Waals surface area contributed by atoms with Crippen LogP contribution in [-0.4, -0.2) is 40.1 Å². The minimum absolute atomic E-state index is 0.0992. The fourth-order valence-electron chi connectivity index (χ4n) is 4.48. The smallest absolute Gasteiger partial charge is 0.316 e. The van der Waals surface area contributed by atoms with Gasteiger partial charge in [0, 0.05) is 19.0 Å². The number of anilines is 1. The first-order valence-electron chi connectivity index (χ1n) is 10.5. The number of nitriles is 1. The maximum absolute atomic E-state index is 12.7. The van der Waals surface area contributed by atoms with E-state index >= 15 is 0 Å². The highest BCUT2D eigenvalue weighted by molar-refractivity contribution is 5.83. The Labute approximate surface area is 170 Å². The van der Waals surface area contributed by atoms with Gasteiger partial charge in [0.25, 0.3) is 0 Å². The Kier molecular flexibility index (Phi) is 4.30. The lowest BCUT2D eigenvalue weighted by molar-refractivity contribution is -0.133. The summed E-state index contributed by atoms with van der Waals surface area (Å²) in [6.07, 6.45) is 5.89. The lowest BCUT2D eigenvalue weighted by Crippen LogP contribution is -2.45. The van der Waals surface area contributed by atoms with E-state index in [-0.39, 0.29) is 17.9 Å². The van der Waals surface area contributed by atoms with Crippen LogP contribution in [0.2, 0.25) is 0 Å². The molecule has 0 unspecified atom stereocenters. The highest BCUT2D eigenvalue weighted by atomic mass is 16.4. The number of rotatable bonds is 5. The molecular weight excluding hydrogens is 366 g/mol. The number of nitrogens with one attached hydrogen (secondary N) is 1. The van der Waals surface area contributed by atoms with Crippen LogP contribution in [0.1, 0.15) is 67.9 Å². The van der Waals surface area contributed by atoms with E-state index in [1.165, 1.54) is 18.4 Å². The van der Waals surface area contributed by atoms with Gasteiger partial charge >= 0.3 is 6.01 Å². The fourth-order valence-corrected chi connectivity index (χ4v) is 4.48. The zero-order valence-corrected chi connectivity index (χ0v) is 16.6. The Morgan fingerprint density at radius 1 is 1.21 bits per heavy atom. The number of piperidine rings is 1. The van der Waals surface area contributed by atoms with Crippen LogP contribution in [0.5, 0.6) is 0 Å². The van der Waals surface area contributed by atoms with Crippen LogP contribution in [0.15, 0.2) is 28.7 Å². The Morgan fingerprint density at radius 2 is 1.93 bits per heavy atom. The number of nitrogens with zero attached hydrogens (tertiary/aromatic N) is 4. The predicted octanol–water partition coefficient (Wildman–Crippen LogP) is 3.42. The third-order valence-electron chi connectivity index (χ3n) is 6.82. The lowest BCUT2D eigenvalue weighted by atomic mass is 9.93. The first kappa shape index (κ1) is 18.2. The summed E-state index contributed by atoms with van der Waals surface area (Å²) in [6, 6.07) is 9.72. The molecule has 7 nitrogen and oxygen atoms in total. The summed E-state index contributed by atoms with van der Waals surface area (Å²) in [4.78, 5) is 14.7. The third kappa shape index (κ3) is 3.59. The molecule has 5 rings (SSSR count). The van der Waals surface area contributed by atoms with E-state index in [1.54, 1.807) is 0 Å². The highest BCUT2D eigenvalue weighted by Crippen LogP contribution is 2.54. The topological polar surface area (TPSA) is 95.0 Å². The van der Waals surface area contributed by atoms with Crippen LogP contribution < -0.4 is 5.32 Å². The molecule has 0 radical (unpaired) electrons. The number of carbonyl (C=O) groups excluding carboxylic acids is 1. The molecule has 2 heterocycles. The van der Waals surface area contributed by atoms with Crippen LogP contribution >= 0.6 is 0 Å². The van der Waals surface area contributed by atoms with Gasteiger partial charge in [-0.05, 0) is 68.1 Å². The second kappa shape index (κ2) is 6.87. The zero-order valence-electron chi connectivity index (χ0n) is 16.6. The Morgan fingerprint density at radius 3 is 2.59 bits per heavy atom. The molecule has 1 aromatic carbocycles. The largest absolute Gasteiger partial charge is 0.408 e. The first-order chi connectivity index (χ1) is 14.1. The standard InChI is InChI=1S/C22H25N5O2/c1-14(20(28)27-10-8-22(6-7-22)9-11-27)24-21-26-25-19(29-21)18-12-17(18)16-4-2-15(13-23)3-5-16/h2-5,14,17-18H,6-12H2,1H3,(H,24,26)/t14-,17+,18-/m1/s1. The van der Waals surface area contributed by atoms with Crippen molar-refractivity contribution in [2.45, 2.75) is 56.9 Å². The average molecular weight is 391 g/mol. The molecule has 3 aliphatic rings. The van der Waals surface area contributed by atoms with Gasteiger partial charge in [0.15, 0.2) is 0 Å². The zero-order chi connectivity index (χ0) is 20.0. The van der Waals surface area contributed by atoms with Crippen LogP contribution in [0.4, 0.5) is 6.01 Å². The van der Waals surface area contributed by atoms with Gasteiger partial charge < -0.3 is 14.6 Å². The lowest BCUT2D eigenvalue weighted by Gasteiger charge is -2.33. The van der Waals surface area contributed by atoms with E-state index in [0.717, 1.165) is 32.4 Å². The Hall–Kier alpha value is -2.88. The van der Waals surface area contributed by atoms with Crippen LogP contribution in [0.3, 0.4) is 0 Å². The summed E-state index contributed by atoms with van der Waals surface area (Å²) in [5.41, 5.74) is 2.41. The first-order valence-corrected chi connectivity index (χ1v) is 10.5. The Balaban J connectivity index is 1.16. The molecule has 7 heteroatoms. The van der Waals surface area contributed by atoms with Gasteiger partial charge in [0.2, 0.25) is 11.8 Å². The summed E-state index contributed by atoms with van der Waals surface area (Å²) < 4.78 is 5.80. The number of hydrogen-bond donors (Lipinski definition) is 1. The van der Waals surface area contributed by atoms with Gasteiger partial charge in [-0.3, -0.25) is 4.79 Å². The number of benzene rings is 1. The number of amides is 1. The molecule has 1 N–H and O–H groups in total. The molecule has 150 valence electrons. The third-order valence-corrected chi connectivity index (χ3v) is 6.82. The Bertz CT molecular complexity index is 946. The quantitative estimate of drug-likeness (QED) is 0.839. The monoisotopic (exact) mass is 391 g/mol. The van der Waals surface area contributed by atoms with Crippen molar-refractivity contribution in [2.24, 2.45) is 5.41 Å². The number of aromatic nitrogens is 2. The normalized spacial score (nSPS) is 25.3. The molecule has 3 fully saturated rings. The molecule has 1 spiro atoms. The molecule has 3 atom stereocenters. The minimum Gasteiger partial charge on any atom is -0.408 e. The SMILES string of the molecule is C[C@@H](Nc1nnc([C@@H]2C[C@H]2c2ccc(C#N)cc2)o1)C(=O)N1CCC2(CC1)CC2. The predicted molar refractivity (Wildman–Crippen MR) is 106 cm³/mol. The van der Waals surface area contributed by atoms with Gasteiger partial charge in [-0.2, -0.15) is 5.26 Å². The molecule has 0 bridgehead atoms. The fraction of sp³-hybridized carbons (Fsp3) is 0.545. The van der Waals surface area contributed by atoms with Crippen LogP contribution in [-0.2, 0) is 4.79 Å². The van der Waals surface area contributed by atoms with Crippen molar-refractivity contribution in [3.63, 3.8) is 0 Å². The molecule has 2 aliphatic carbocycles. The number of hydrogen-bond acceptors (Lipinski definition) is 6. The molecule has 2 saturated carbocycles. The maximum Gasteiger partial charge on any atom is 0.316 e. The maximum atomic E-state index is 12.7. The van der Waals surface area contributed by atoms with Crippen molar-refractivity contribution < 1.29 is 9.21 Å². The number of likely N-dealkylation sites (tertiary alicyclic amines) is 1. The van der Waals surface area contributed by atoms with E-state index in [4.69, 9.17) is 9.68 Å². The van der Waals surface area contributed by atoms with Crippen LogP contribution in [0, 0.1) is 16.7 Å². The second-order valence-corrected chi connectivity index (χ2v) is 8.82.